The van der Waals surface area contributed by atoms with Crippen LogP contribution in [0, 0.1) is 23.7 Å². The summed E-state index contributed by atoms with van der Waals surface area (Å²) in [5.74, 6) is 1.24. The predicted molar refractivity (Wildman–Crippen MR) is 129 cm³/mol. The van der Waals surface area contributed by atoms with Crippen LogP contribution in [-0.4, -0.2) is 52.6 Å². The van der Waals surface area contributed by atoms with E-state index in [0.717, 1.165) is 38.0 Å². The SMILES string of the molecule is CCCC1CCC([C@@H](O)/C=C/[C@H]2C(=O)C=C[C@@H]2C/C=C\CCCC(=O)N(CC)CCO)C1. The van der Waals surface area contributed by atoms with Crippen LogP contribution >= 0.6 is 0 Å². The summed E-state index contributed by atoms with van der Waals surface area (Å²) in [5, 5.41) is 19.6. The second kappa shape index (κ2) is 14.4. The van der Waals surface area contributed by atoms with Gasteiger partial charge in [-0.2, -0.15) is 0 Å². The molecule has 5 atom stereocenters. The first-order valence-electron chi connectivity index (χ1n) is 12.6. The van der Waals surface area contributed by atoms with Crippen molar-refractivity contribution in [2.24, 2.45) is 23.7 Å². The molecule has 2 aliphatic carbocycles. The fraction of sp³-hybridized carbons (Fsp3) is 0.704. The number of aliphatic hydroxyl groups is 2. The van der Waals surface area contributed by atoms with Crippen LogP contribution in [0.1, 0.15) is 71.6 Å². The highest BCUT2D eigenvalue weighted by Crippen LogP contribution is 2.36. The van der Waals surface area contributed by atoms with Crippen molar-refractivity contribution in [3.8, 4) is 0 Å². The standard InChI is InChI=1S/C27H43NO4/c1-3-9-21-12-13-23(20-21)25(30)17-15-24-22(14-16-26(24)31)10-7-5-6-8-11-27(32)28(4-2)18-19-29/h5,7,14-17,21-25,29-30H,3-4,6,8-13,18-20H2,1-2H3/b7-5-,17-15+/t21?,22-,23?,24+,25-/m0/s1. The maximum absolute atomic E-state index is 12.3. The third-order valence-electron chi connectivity index (χ3n) is 7.02. The molecule has 2 N–H and O–H groups in total. The van der Waals surface area contributed by atoms with Gasteiger partial charge in [0.05, 0.1) is 12.7 Å². The van der Waals surface area contributed by atoms with Gasteiger partial charge in [0, 0.05) is 25.4 Å². The van der Waals surface area contributed by atoms with Crippen molar-refractivity contribution < 1.29 is 19.8 Å². The molecular formula is C27H43NO4. The Morgan fingerprint density at radius 3 is 2.81 bits per heavy atom. The molecule has 0 radical (unpaired) electrons. The lowest BCUT2D eigenvalue weighted by molar-refractivity contribution is -0.131. The van der Waals surface area contributed by atoms with Gasteiger partial charge in [-0.3, -0.25) is 9.59 Å². The molecule has 0 heterocycles. The summed E-state index contributed by atoms with van der Waals surface area (Å²) in [7, 11) is 0. The Morgan fingerprint density at radius 2 is 2.09 bits per heavy atom. The number of carbonyl (C=O) groups is 2. The van der Waals surface area contributed by atoms with E-state index in [2.05, 4.69) is 19.1 Å². The van der Waals surface area contributed by atoms with Crippen molar-refractivity contribution in [3.05, 3.63) is 36.5 Å². The third kappa shape index (κ3) is 8.32. The predicted octanol–water partition coefficient (Wildman–Crippen LogP) is 4.45. The number of hydrogen-bond acceptors (Lipinski definition) is 4. The van der Waals surface area contributed by atoms with E-state index in [-0.39, 0.29) is 30.1 Å². The van der Waals surface area contributed by atoms with Crippen molar-refractivity contribution in [2.45, 2.75) is 77.7 Å². The number of likely N-dealkylation sites (N-methyl/N-ethyl adjacent to an activating group) is 1. The van der Waals surface area contributed by atoms with Crippen molar-refractivity contribution in [3.63, 3.8) is 0 Å². The number of ketones is 1. The minimum atomic E-state index is -0.451. The molecule has 0 bridgehead atoms. The lowest BCUT2D eigenvalue weighted by Crippen LogP contribution is -2.33. The molecule has 0 aromatic heterocycles. The summed E-state index contributed by atoms with van der Waals surface area (Å²) in [5.41, 5.74) is 0. The summed E-state index contributed by atoms with van der Waals surface area (Å²) in [6.45, 7) is 5.16. The quantitative estimate of drug-likeness (QED) is 0.306. The number of rotatable bonds is 14. The maximum Gasteiger partial charge on any atom is 0.222 e. The first-order chi connectivity index (χ1) is 15.5. The van der Waals surface area contributed by atoms with E-state index >= 15 is 0 Å². The monoisotopic (exact) mass is 445 g/mol. The van der Waals surface area contributed by atoms with Crippen LogP contribution in [0.15, 0.2) is 36.5 Å². The van der Waals surface area contributed by atoms with Gasteiger partial charge in [0.15, 0.2) is 5.78 Å². The zero-order chi connectivity index (χ0) is 23.3. The highest BCUT2D eigenvalue weighted by atomic mass is 16.3. The van der Waals surface area contributed by atoms with Crippen molar-refractivity contribution in [2.75, 3.05) is 19.7 Å². The number of allylic oxidation sites excluding steroid dienone is 5. The molecular weight excluding hydrogens is 402 g/mol. The number of nitrogens with zero attached hydrogens (tertiary/aromatic N) is 1. The Labute approximate surface area is 194 Å². The van der Waals surface area contributed by atoms with E-state index < -0.39 is 6.10 Å². The number of aliphatic hydroxyl groups excluding tert-OH is 2. The molecule has 0 saturated heterocycles. The van der Waals surface area contributed by atoms with Gasteiger partial charge in [0.2, 0.25) is 5.91 Å². The average Bonchev–Trinajstić information content (AvgIpc) is 3.39. The van der Waals surface area contributed by atoms with Gasteiger partial charge in [-0.15, -0.1) is 0 Å². The number of hydrogen-bond donors (Lipinski definition) is 2. The van der Waals surface area contributed by atoms with E-state index in [1.54, 1.807) is 11.0 Å². The Balaban J connectivity index is 1.73. The third-order valence-corrected chi connectivity index (χ3v) is 7.02. The van der Waals surface area contributed by atoms with Gasteiger partial charge in [-0.1, -0.05) is 56.6 Å². The molecule has 0 aromatic rings. The highest BCUT2D eigenvalue weighted by Gasteiger charge is 2.30. The van der Waals surface area contributed by atoms with E-state index in [4.69, 9.17) is 5.11 Å². The fourth-order valence-electron chi connectivity index (χ4n) is 5.09. The molecule has 1 amide bonds. The molecule has 180 valence electrons. The van der Waals surface area contributed by atoms with Crippen LogP contribution in [-0.2, 0) is 9.59 Å². The zero-order valence-electron chi connectivity index (χ0n) is 20.0. The van der Waals surface area contributed by atoms with Gasteiger partial charge in [0.1, 0.15) is 0 Å². The molecule has 0 aromatic carbocycles. The topological polar surface area (TPSA) is 77.8 Å². The van der Waals surface area contributed by atoms with Crippen molar-refractivity contribution in [1.29, 1.82) is 0 Å². The first kappa shape index (κ1) is 26.5. The van der Waals surface area contributed by atoms with E-state index in [1.807, 2.05) is 25.2 Å². The van der Waals surface area contributed by atoms with Crippen LogP contribution in [0.3, 0.4) is 0 Å². The normalized spacial score (nSPS) is 26.6. The Hall–Kier alpha value is -1.72. The second-order valence-corrected chi connectivity index (χ2v) is 9.35. The largest absolute Gasteiger partial charge is 0.395 e. The summed E-state index contributed by atoms with van der Waals surface area (Å²) in [4.78, 5) is 26.1. The summed E-state index contributed by atoms with van der Waals surface area (Å²) in [6.07, 6.45) is 19.9. The van der Waals surface area contributed by atoms with E-state index in [9.17, 15) is 14.7 Å². The first-order valence-corrected chi connectivity index (χ1v) is 12.6. The smallest absolute Gasteiger partial charge is 0.222 e. The Morgan fingerprint density at radius 1 is 1.28 bits per heavy atom. The molecule has 5 nitrogen and oxygen atoms in total. The molecule has 2 unspecified atom stereocenters. The Bertz CT molecular complexity index is 669. The van der Waals surface area contributed by atoms with Crippen LogP contribution in [0.2, 0.25) is 0 Å². The molecule has 2 aliphatic rings. The highest BCUT2D eigenvalue weighted by molar-refractivity contribution is 5.95. The van der Waals surface area contributed by atoms with Crippen LogP contribution in [0.5, 0.6) is 0 Å². The molecule has 5 heteroatoms. The van der Waals surface area contributed by atoms with Gasteiger partial charge in [0.25, 0.3) is 0 Å². The maximum atomic E-state index is 12.3. The van der Waals surface area contributed by atoms with Gasteiger partial charge in [-0.05, 0) is 62.9 Å². The summed E-state index contributed by atoms with van der Waals surface area (Å²) >= 11 is 0. The Kier molecular flexibility index (Phi) is 12.0. The van der Waals surface area contributed by atoms with Crippen molar-refractivity contribution >= 4 is 11.7 Å². The minimum Gasteiger partial charge on any atom is -0.395 e. The van der Waals surface area contributed by atoms with E-state index in [0.29, 0.717) is 25.4 Å². The van der Waals surface area contributed by atoms with Crippen LogP contribution < -0.4 is 0 Å². The molecule has 1 saturated carbocycles. The number of amides is 1. The van der Waals surface area contributed by atoms with E-state index in [1.165, 1.54) is 19.3 Å². The second-order valence-electron chi connectivity index (χ2n) is 9.35. The fourth-order valence-corrected chi connectivity index (χ4v) is 5.09. The van der Waals surface area contributed by atoms with Gasteiger partial charge < -0.3 is 15.1 Å². The molecule has 0 spiro atoms. The lowest BCUT2D eigenvalue weighted by Gasteiger charge is -2.19. The van der Waals surface area contributed by atoms with Gasteiger partial charge >= 0.3 is 0 Å². The molecule has 32 heavy (non-hydrogen) atoms. The average molecular weight is 446 g/mol. The lowest BCUT2D eigenvalue weighted by atomic mass is 9.89. The van der Waals surface area contributed by atoms with Crippen LogP contribution in [0.4, 0.5) is 0 Å². The molecule has 2 rings (SSSR count). The zero-order valence-corrected chi connectivity index (χ0v) is 20.0. The summed E-state index contributed by atoms with van der Waals surface area (Å²) in [6, 6.07) is 0. The van der Waals surface area contributed by atoms with Gasteiger partial charge in [-0.25, -0.2) is 0 Å². The summed E-state index contributed by atoms with van der Waals surface area (Å²) < 4.78 is 0. The number of carbonyl (C=O) groups excluding carboxylic acids is 2. The van der Waals surface area contributed by atoms with Crippen LogP contribution in [0.25, 0.3) is 0 Å². The minimum absolute atomic E-state index is 0.000216. The number of unbranched alkanes of at least 4 members (excludes halogenated alkanes) is 1. The molecule has 0 aliphatic heterocycles. The van der Waals surface area contributed by atoms with Crippen molar-refractivity contribution in [1.82, 2.24) is 4.90 Å². The molecule has 1 fully saturated rings.